The zero-order valence-electron chi connectivity index (χ0n) is 12.2. The Morgan fingerprint density at radius 1 is 1.14 bits per heavy atom. The number of aliphatic hydroxyl groups excluding tert-OH is 1. The molecule has 6 heteroatoms. The van der Waals surface area contributed by atoms with Gasteiger partial charge >= 0.3 is 0 Å². The van der Waals surface area contributed by atoms with Crippen molar-refractivity contribution in [2.75, 3.05) is 32.8 Å². The van der Waals surface area contributed by atoms with Crippen LogP contribution in [0.5, 0.6) is 0 Å². The van der Waals surface area contributed by atoms with Gasteiger partial charge in [0.05, 0.1) is 0 Å². The number of carbonyl (C=O) groups excluding carboxylic acids is 2. The van der Waals surface area contributed by atoms with Gasteiger partial charge in [0.15, 0.2) is 0 Å². The summed E-state index contributed by atoms with van der Waals surface area (Å²) in [5, 5.41) is 8.80. The Labute approximate surface area is 128 Å². The molecule has 0 bridgehead atoms. The van der Waals surface area contributed by atoms with Gasteiger partial charge in [0, 0.05) is 32.6 Å². The lowest BCUT2D eigenvalue weighted by Gasteiger charge is -2.34. The molecule has 0 aromatic heterocycles. The third-order valence-electron chi connectivity index (χ3n) is 3.57. The summed E-state index contributed by atoms with van der Waals surface area (Å²) in [5.41, 5.74) is 0.714. The molecule has 0 unspecified atom stereocenters. The van der Waals surface area contributed by atoms with Crippen LogP contribution in [0.2, 0.25) is 0 Å². The van der Waals surface area contributed by atoms with Crippen LogP contribution in [0.15, 0.2) is 30.3 Å². The zero-order valence-corrected chi connectivity index (χ0v) is 12.2. The lowest BCUT2D eigenvalue weighted by molar-refractivity contribution is -0.140. The molecule has 1 fully saturated rings. The van der Waals surface area contributed by atoms with Gasteiger partial charge in [0.1, 0.15) is 12.4 Å². The predicted octanol–water partition coefficient (Wildman–Crippen LogP) is 0.892. The summed E-state index contributed by atoms with van der Waals surface area (Å²) in [6.45, 7) is 1.33. The average molecular weight is 306 g/mol. The predicted molar refractivity (Wildman–Crippen MR) is 80.3 cm³/mol. The van der Waals surface area contributed by atoms with E-state index in [9.17, 15) is 14.0 Å². The van der Waals surface area contributed by atoms with E-state index in [0.29, 0.717) is 31.7 Å². The first-order chi connectivity index (χ1) is 10.6. The highest BCUT2D eigenvalue weighted by Crippen LogP contribution is 2.08. The van der Waals surface area contributed by atoms with E-state index in [-0.39, 0.29) is 24.1 Å². The molecule has 2 rings (SSSR count). The van der Waals surface area contributed by atoms with Crippen LogP contribution < -0.4 is 0 Å². The maximum Gasteiger partial charge on any atom is 0.248 e. The van der Waals surface area contributed by atoms with E-state index in [2.05, 4.69) is 0 Å². The first-order valence-electron chi connectivity index (χ1n) is 7.18. The van der Waals surface area contributed by atoms with E-state index in [4.69, 9.17) is 5.11 Å². The SMILES string of the molecule is O=C(CO)N1CCN(C(=O)C/C=C/c2cccc(F)c2)CC1. The summed E-state index contributed by atoms with van der Waals surface area (Å²) in [7, 11) is 0. The van der Waals surface area contributed by atoms with Crippen LogP contribution in [0, 0.1) is 5.82 Å². The molecule has 1 heterocycles. The van der Waals surface area contributed by atoms with Gasteiger partial charge in [-0.3, -0.25) is 9.59 Å². The molecule has 22 heavy (non-hydrogen) atoms. The number of benzene rings is 1. The topological polar surface area (TPSA) is 60.9 Å². The molecule has 0 saturated carbocycles. The summed E-state index contributed by atoms with van der Waals surface area (Å²) in [4.78, 5) is 26.6. The van der Waals surface area contributed by atoms with E-state index < -0.39 is 6.61 Å². The normalized spacial score (nSPS) is 15.4. The molecule has 2 amide bonds. The van der Waals surface area contributed by atoms with Crippen molar-refractivity contribution in [3.05, 3.63) is 41.7 Å². The van der Waals surface area contributed by atoms with E-state index in [1.807, 2.05) is 0 Å². The second-order valence-corrected chi connectivity index (χ2v) is 5.08. The fourth-order valence-electron chi connectivity index (χ4n) is 2.34. The number of rotatable bonds is 4. The Balaban J connectivity index is 1.80. The number of aliphatic hydroxyl groups is 1. The smallest absolute Gasteiger partial charge is 0.248 e. The first-order valence-corrected chi connectivity index (χ1v) is 7.18. The minimum absolute atomic E-state index is 0.0243. The number of halogens is 1. The fourth-order valence-corrected chi connectivity index (χ4v) is 2.34. The molecule has 5 nitrogen and oxygen atoms in total. The van der Waals surface area contributed by atoms with Crippen molar-refractivity contribution in [1.29, 1.82) is 0 Å². The number of nitrogens with zero attached hydrogens (tertiary/aromatic N) is 2. The molecule has 1 aromatic carbocycles. The van der Waals surface area contributed by atoms with Crippen LogP contribution >= 0.6 is 0 Å². The van der Waals surface area contributed by atoms with Gasteiger partial charge in [0.25, 0.3) is 0 Å². The molecule has 1 aliphatic heterocycles. The van der Waals surface area contributed by atoms with Crippen LogP contribution in [0.4, 0.5) is 4.39 Å². The summed E-state index contributed by atoms with van der Waals surface area (Å²) in [6.07, 6.45) is 3.67. The van der Waals surface area contributed by atoms with Crippen molar-refractivity contribution < 1.29 is 19.1 Å². The van der Waals surface area contributed by atoms with E-state index in [1.165, 1.54) is 12.1 Å². The highest BCUT2D eigenvalue weighted by molar-refractivity contribution is 5.80. The third kappa shape index (κ3) is 4.39. The van der Waals surface area contributed by atoms with Gasteiger partial charge in [-0.1, -0.05) is 24.3 Å². The van der Waals surface area contributed by atoms with Crippen LogP contribution in [0.25, 0.3) is 6.08 Å². The molecule has 1 N–H and O–H groups in total. The highest BCUT2D eigenvalue weighted by atomic mass is 19.1. The van der Waals surface area contributed by atoms with Crippen LogP contribution in [0.1, 0.15) is 12.0 Å². The quantitative estimate of drug-likeness (QED) is 0.899. The lowest BCUT2D eigenvalue weighted by Crippen LogP contribution is -2.51. The third-order valence-corrected chi connectivity index (χ3v) is 3.57. The molecule has 1 saturated heterocycles. The molecule has 0 radical (unpaired) electrons. The molecular formula is C16H19FN2O3. The number of amides is 2. The van der Waals surface area contributed by atoms with Crippen molar-refractivity contribution in [2.45, 2.75) is 6.42 Å². The monoisotopic (exact) mass is 306 g/mol. The van der Waals surface area contributed by atoms with Gasteiger partial charge in [-0.15, -0.1) is 0 Å². The van der Waals surface area contributed by atoms with Crippen molar-refractivity contribution in [2.24, 2.45) is 0 Å². The Hall–Kier alpha value is -2.21. The highest BCUT2D eigenvalue weighted by Gasteiger charge is 2.22. The summed E-state index contributed by atoms with van der Waals surface area (Å²) >= 11 is 0. The Kier molecular flexibility index (Phi) is 5.66. The molecule has 0 aliphatic carbocycles. The second-order valence-electron chi connectivity index (χ2n) is 5.08. The fraction of sp³-hybridized carbons (Fsp3) is 0.375. The molecule has 1 aromatic rings. The van der Waals surface area contributed by atoms with Crippen molar-refractivity contribution in [3.63, 3.8) is 0 Å². The van der Waals surface area contributed by atoms with Gasteiger partial charge in [-0.05, 0) is 17.7 Å². The van der Waals surface area contributed by atoms with Crippen molar-refractivity contribution in [3.8, 4) is 0 Å². The minimum atomic E-state index is -0.496. The minimum Gasteiger partial charge on any atom is -0.387 e. The molecule has 0 atom stereocenters. The van der Waals surface area contributed by atoms with Crippen molar-refractivity contribution in [1.82, 2.24) is 9.80 Å². The Morgan fingerprint density at radius 3 is 2.36 bits per heavy atom. The lowest BCUT2D eigenvalue weighted by atomic mass is 10.2. The summed E-state index contributed by atoms with van der Waals surface area (Å²) in [5.74, 6) is -0.639. The number of carbonyl (C=O) groups is 2. The zero-order chi connectivity index (χ0) is 15.9. The van der Waals surface area contributed by atoms with Gasteiger partial charge in [-0.25, -0.2) is 4.39 Å². The summed E-state index contributed by atoms with van der Waals surface area (Å²) < 4.78 is 13.0. The van der Waals surface area contributed by atoms with Crippen molar-refractivity contribution >= 4 is 17.9 Å². The van der Waals surface area contributed by atoms with Crippen LogP contribution in [-0.2, 0) is 9.59 Å². The maximum atomic E-state index is 13.0. The largest absolute Gasteiger partial charge is 0.387 e. The van der Waals surface area contributed by atoms with E-state index >= 15 is 0 Å². The standard InChI is InChI=1S/C16H19FN2O3/c17-14-5-1-3-13(11-14)4-2-6-15(21)18-7-9-19(10-8-18)16(22)12-20/h1-5,11,20H,6-10,12H2/b4-2+. The molecule has 1 aliphatic rings. The first kappa shape index (κ1) is 16.2. The average Bonchev–Trinajstić information content (AvgIpc) is 2.54. The van der Waals surface area contributed by atoms with Crippen LogP contribution in [0.3, 0.4) is 0 Å². The maximum absolute atomic E-state index is 13.0. The Bertz CT molecular complexity index is 566. The molecule has 0 spiro atoms. The molecule has 118 valence electrons. The van der Waals surface area contributed by atoms with Crippen LogP contribution in [-0.4, -0.2) is 59.5 Å². The van der Waals surface area contributed by atoms with Gasteiger partial charge in [0.2, 0.25) is 11.8 Å². The van der Waals surface area contributed by atoms with E-state index in [0.717, 1.165) is 0 Å². The number of piperazine rings is 1. The van der Waals surface area contributed by atoms with Gasteiger partial charge in [-0.2, -0.15) is 0 Å². The second kappa shape index (κ2) is 7.70. The Morgan fingerprint density at radius 2 is 1.77 bits per heavy atom. The number of hydrogen-bond acceptors (Lipinski definition) is 3. The number of hydrogen-bond donors (Lipinski definition) is 1. The van der Waals surface area contributed by atoms with E-state index in [1.54, 1.807) is 34.1 Å². The molecular weight excluding hydrogens is 287 g/mol. The van der Waals surface area contributed by atoms with Gasteiger partial charge < -0.3 is 14.9 Å². The summed E-state index contributed by atoms with van der Waals surface area (Å²) in [6, 6.07) is 6.16.